The van der Waals surface area contributed by atoms with Crippen LogP contribution in [-0.2, 0) is 16.1 Å². The Balaban J connectivity index is 1.60. The average molecular weight is 370 g/mol. The summed E-state index contributed by atoms with van der Waals surface area (Å²) < 4.78 is 0. The van der Waals surface area contributed by atoms with Crippen LogP contribution >= 0.6 is 0 Å². The highest BCUT2D eigenvalue weighted by molar-refractivity contribution is 6.24. The summed E-state index contributed by atoms with van der Waals surface area (Å²) in [6.07, 6.45) is 1.31. The highest BCUT2D eigenvalue weighted by atomic mass is 16.2. The Bertz CT molecular complexity index is 837. The van der Waals surface area contributed by atoms with E-state index in [2.05, 4.69) is 10.2 Å². The minimum atomic E-state index is -0.934. The van der Waals surface area contributed by atoms with Gasteiger partial charge in [0.25, 0.3) is 11.8 Å². The molecule has 8 nitrogen and oxygen atoms in total. The molecule has 4 amide bonds. The van der Waals surface area contributed by atoms with Crippen LogP contribution in [0.5, 0.6) is 0 Å². The van der Waals surface area contributed by atoms with Crippen molar-refractivity contribution in [2.45, 2.75) is 31.8 Å². The predicted octanol–water partition coefficient (Wildman–Crippen LogP) is -0.132. The van der Waals surface area contributed by atoms with Crippen molar-refractivity contribution >= 4 is 23.6 Å². The molecule has 3 N–H and O–H groups in total. The summed E-state index contributed by atoms with van der Waals surface area (Å²) in [6, 6.07) is 4.31. The number of nitrogens with two attached hydrogens (primary N) is 1. The van der Waals surface area contributed by atoms with E-state index in [0.717, 1.165) is 30.0 Å². The summed E-state index contributed by atoms with van der Waals surface area (Å²) in [6.45, 7) is 3.00. The predicted molar refractivity (Wildman–Crippen MR) is 95.6 cm³/mol. The third-order valence-electron chi connectivity index (χ3n) is 5.65. The second kappa shape index (κ2) is 6.86. The molecule has 4 rings (SSSR count). The Kier molecular flexibility index (Phi) is 4.53. The number of nitrogens with one attached hydrogen (secondary N) is 1. The van der Waals surface area contributed by atoms with Gasteiger partial charge in [0.15, 0.2) is 0 Å². The summed E-state index contributed by atoms with van der Waals surface area (Å²) in [5.41, 5.74) is 7.25. The monoisotopic (exact) mass is 370 g/mol. The van der Waals surface area contributed by atoms with Crippen molar-refractivity contribution in [1.82, 2.24) is 15.1 Å². The van der Waals surface area contributed by atoms with E-state index in [1.807, 2.05) is 6.07 Å². The topological polar surface area (TPSA) is 113 Å². The molecule has 2 unspecified atom stereocenters. The minimum Gasteiger partial charge on any atom is -0.330 e. The molecule has 27 heavy (non-hydrogen) atoms. The summed E-state index contributed by atoms with van der Waals surface area (Å²) in [5.74, 6) is -1.42. The zero-order valence-corrected chi connectivity index (χ0v) is 14.9. The number of hydrogen-bond acceptors (Lipinski definition) is 6. The number of fused-ring (bicyclic) bond motifs is 1. The lowest BCUT2D eigenvalue weighted by Crippen LogP contribution is -2.54. The fourth-order valence-electron chi connectivity index (χ4n) is 4.21. The molecule has 2 saturated heterocycles. The molecule has 0 aliphatic carbocycles. The molecule has 0 aromatic heterocycles. The van der Waals surface area contributed by atoms with E-state index in [0.29, 0.717) is 30.1 Å². The van der Waals surface area contributed by atoms with E-state index in [4.69, 9.17) is 5.73 Å². The molecule has 0 saturated carbocycles. The molecule has 3 heterocycles. The molecule has 3 aliphatic heterocycles. The highest BCUT2D eigenvalue weighted by Gasteiger charge is 2.45. The number of carbonyl (C=O) groups excluding carboxylic acids is 4. The van der Waals surface area contributed by atoms with Gasteiger partial charge < -0.3 is 5.73 Å². The van der Waals surface area contributed by atoms with Crippen molar-refractivity contribution in [3.05, 3.63) is 34.9 Å². The molecule has 2 fully saturated rings. The number of rotatable bonds is 4. The van der Waals surface area contributed by atoms with Gasteiger partial charge in [0.1, 0.15) is 6.04 Å². The van der Waals surface area contributed by atoms with Gasteiger partial charge in [-0.2, -0.15) is 0 Å². The average Bonchev–Trinajstić information content (AvgIpc) is 3.20. The molecule has 142 valence electrons. The number of amides is 4. The van der Waals surface area contributed by atoms with Crippen molar-refractivity contribution in [1.29, 1.82) is 0 Å². The standard InChI is InChI=1S/C19H22N4O4/c20-8-11-6-7-22(9-11)10-12-2-1-3-13-16(12)19(27)23(18(13)26)14-4-5-15(24)21-17(14)25/h1-3,11,14H,4-10,20H2,(H,21,24,25). The first-order valence-electron chi connectivity index (χ1n) is 9.25. The SMILES string of the molecule is NCC1CCN(Cc2cccc3c2C(=O)N(C2CCC(=O)NC2=O)C3=O)C1. The van der Waals surface area contributed by atoms with Gasteiger partial charge >= 0.3 is 0 Å². The molecule has 0 spiro atoms. The Labute approximate surface area is 156 Å². The molecular weight excluding hydrogens is 348 g/mol. The second-order valence-corrected chi connectivity index (χ2v) is 7.41. The maximum atomic E-state index is 13.1. The highest BCUT2D eigenvalue weighted by Crippen LogP contribution is 2.31. The molecule has 1 aromatic carbocycles. The van der Waals surface area contributed by atoms with E-state index in [1.54, 1.807) is 12.1 Å². The van der Waals surface area contributed by atoms with Gasteiger partial charge in [0, 0.05) is 19.5 Å². The quantitative estimate of drug-likeness (QED) is 0.714. The number of imide groups is 2. The molecule has 1 aromatic rings. The van der Waals surface area contributed by atoms with Crippen molar-refractivity contribution in [2.24, 2.45) is 11.7 Å². The van der Waals surface area contributed by atoms with Crippen molar-refractivity contribution in [3.63, 3.8) is 0 Å². The first-order valence-corrected chi connectivity index (χ1v) is 9.25. The maximum Gasteiger partial charge on any atom is 0.262 e. The number of benzene rings is 1. The lowest BCUT2D eigenvalue weighted by molar-refractivity contribution is -0.136. The first-order chi connectivity index (χ1) is 13.0. The fraction of sp³-hybridized carbons (Fsp3) is 0.474. The van der Waals surface area contributed by atoms with Gasteiger partial charge in [0.2, 0.25) is 11.8 Å². The van der Waals surface area contributed by atoms with Gasteiger partial charge in [-0.05, 0) is 43.5 Å². The Morgan fingerprint density at radius 3 is 2.63 bits per heavy atom. The minimum absolute atomic E-state index is 0.116. The Hall–Kier alpha value is -2.58. The number of carbonyl (C=O) groups is 4. The summed E-state index contributed by atoms with van der Waals surface area (Å²) in [5, 5.41) is 2.21. The van der Waals surface area contributed by atoms with E-state index < -0.39 is 23.8 Å². The van der Waals surface area contributed by atoms with E-state index in [-0.39, 0.29) is 18.7 Å². The van der Waals surface area contributed by atoms with Crippen LogP contribution in [0.2, 0.25) is 0 Å². The lowest BCUT2D eigenvalue weighted by Gasteiger charge is -2.28. The van der Waals surface area contributed by atoms with Gasteiger partial charge in [-0.1, -0.05) is 12.1 Å². The molecule has 3 aliphatic rings. The zero-order valence-electron chi connectivity index (χ0n) is 14.9. The Morgan fingerprint density at radius 2 is 1.93 bits per heavy atom. The molecule has 8 heteroatoms. The van der Waals surface area contributed by atoms with Gasteiger partial charge in [-0.25, -0.2) is 0 Å². The van der Waals surface area contributed by atoms with Crippen LogP contribution in [0.4, 0.5) is 0 Å². The van der Waals surface area contributed by atoms with Crippen molar-refractivity contribution in [3.8, 4) is 0 Å². The van der Waals surface area contributed by atoms with Crippen LogP contribution in [-0.4, -0.2) is 59.1 Å². The molecule has 0 bridgehead atoms. The normalized spacial score (nSPS) is 25.9. The van der Waals surface area contributed by atoms with Crippen LogP contribution < -0.4 is 11.1 Å². The molecule has 0 radical (unpaired) electrons. The second-order valence-electron chi connectivity index (χ2n) is 7.41. The number of hydrogen-bond donors (Lipinski definition) is 2. The third-order valence-corrected chi connectivity index (χ3v) is 5.65. The van der Waals surface area contributed by atoms with Gasteiger partial charge in [-0.3, -0.25) is 34.3 Å². The first kappa shape index (κ1) is 17.8. The number of likely N-dealkylation sites (tertiary alicyclic amines) is 1. The molecule has 2 atom stereocenters. The zero-order chi connectivity index (χ0) is 19.1. The van der Waals surface area contributed by atoms with Gasteiger partial charge in [-0.15, -0.1) is 0 Å². The van der Waals surface area contributed by atoms with E-state index in [1.165, 1.54) is 0 Å². The van der Waals surface area contributed by atoms with Crippen molar-refractivity contribution in [2.75, 3.05) is 19.6 Å². The van der Waals surface area contributed by atoms with E-state index >= 15 is 0 Å². The summed E-state index contributed by atoms with van der Waals surface area (Å²) in [7, 11) is 0. The van der Waals surface area contributed by atoms with E-state index in [9.17, 15) is 19.2 Å². The lowest BCUT2D eigenvalue weighted by atomic mass is 10.0. The summed E-state index contributed by atoms with van der Waals surface area (Å²) in [4.78, 5) is 52.7. The van der Waals surface area contributed by atoms with Crippen LogP contribution in [0, 0.1) is 5.92 Å². The largest absolute Gasteiger partial charge is 0.330 e. The smallest absolute Gasteiger partial charge is 0.262 e. The third kappa shape index (κ3) is 3.04. The fourth-order valence-corrected chi connectivity index (χ4v) is 4.21. The number of piperidine rings is 1. The molecular formula is C19H22N4O4. The van der Waals surface area contributed by atoms with Gasteiger partial charge in [0.05, 0.1) is 11.1 Å². The van der Waals surface area contributed by atoms with Crippen LogP contribution in [0.15, 0.2) is 18.2 Å². The van der Waals surface area contributed by atoms with Crippen LogP contribution in [0.25, 0.3) is 0 Å². The van der Waals surface area contributed by atoms with Crippen LogP contribution in [0.1, 0.15) is 45.5 Å². The maximum absolute atomic E-state index is 13.1. The number of nitrogens with zero attached hydrogens (tertiary/aromatic N) is 2. The van der Waals surface area contributed by atoms with Crippen LogP contribution in [0.3, 0.4) is 0 Å². The summed E-state index contributed by atoms with van der Waals surface area (Å²) >= 11 is 0. The Morgan fingerprint density at radius 1 is 1.11 bits per heavy atom. The van der Waals surface area contributed by atoms with Crippen molar-refractivity contribution < 1.29 is 19.2 Å².